The van der Waals surface area contributed by atoms with Crippen molar-refractivity contribution < 1.29 is 23.5 Å². The summed E-state index contributed by atoms with van der Waals surface area (Å²) < 4.78 is 16.3. The van der Waals surface area contributed by atoms with E-state index in [1.54, 1.807) is 42.8 Å². The van der Waals surface area contributed by atoms with Crippen molar-refractivity contribution in [1.29, 1.82) is 0 Å². The van der Waals surface area contributed by atoms with Gasteiger partial charge in [-0.1, -0.05) is 11.8 Å². The zero-order chi connectivity index (χ0) is 24.0. The first-order valence-corrected chi connectivity index (χ1v) is 12.5. The molecule has 2 aromatic heterocycles. The maximum atomic E-state index is 13.1. The molecule has 1 saturated heterocycles. The van der Waals surface area contributed by atoms with Crippen LogP contribution < -0.4 is 20.1 Å². The lowest BCUT2D eigenvalue weighted by atomic mass is 10.2. The molecule has 9 nitrogen and oxygen atoms in total. The molecule has 0 radical (unpaired) electrons. The number of pyridine rings is 1. The average molecular weight is 495 g/mol. The van der Waals surface area contributed by atoms with E-state index in [0.29, 0.717) is 34.3 Å². The number of hydrogen-bond acceptors (Lipinski definition) is 8. The number of anilines is 1. The van der Waals surface area contributed by atoms with Gasteiger partial charge in [0, 0.05) is 24.5 Å². The number of thioether (sulfide) groups is 1. The Bertz CT molecular complexity index is 1180. The number of nitrogens with zero attached hydrogens (tertiary/aromatic N) is 2. The zero-order valence-corrected chi connectivity index (χ0v) is 19.9. The first-order chi connectivity index (χ1) is 17.2. The van der Waals surface area contributed by atoms with Crippen molar-refractivity contribution >= 4 is 29.3 Å². The Morgan fingerprint density at radius 3 is 2.77 bits per heavy atom. The molecule has 5 rings (SSSR count). The van der Waals surface area contributed by atoms with Gasteiger partial charge in [-0.2, -0.15) is 0 Å². The topological polar surface area (TPSA) is 106 Å². The number of carbonyl (C=O) groups is 2. The van der Waals surface area contributed by atoms with Gasteiger partial charge in [0.05, 0.1) is 23.6 Å². The lowest BCUT2D eigenvalue weighted by molar-refractivity contribution is -0.113. The molecule has 35 heavy (non-hydrogen) atoms. The number of nitrogens with one attached hydrogen (secondary N) is 2. The fourth-order valence-corrected chi connectivity index (χ4v) is 5.00. The molecule has 3 aromatic rings. The molecule has 2 amide bonds. The van der Waals surface area contributed by atoms with E-state index in [1.807, 2.05) is 12.1 Å². The standard InChI is InChI=1S/C25H26N4O5S/c30-23(28-17-7-8-21-22(13-17)34-16-33-21)15-35-25-18(5-3-9-26-25)24(31)27-14-19(20-6-4-12-32-20)29-10-1-2-11-29/h3-9,12-13,19H,1-2,10-11,14-16H2,(H,27,31)(H,28,30)/t19-/m0/s1. The van der Waals surface area contributed by atoms with Gasteiger partial charge in [0.15, 0.2) is 11.5 Å². The molecule has 0 unspecified atom stereocenters. The summed E-state index contributed by atoms with van der Waals surface area (Å²) in [6.45, 7) is 2.56. The largest absolute Gasteiger partial charge is 0.468 e. The molecule has 10 heteroatoms. The third-order valence-electron chi connectivity index (χ3n) is 5.92. The van der Waals surface area contributed by atoms with Crippen LogP contribution in [0.2, 0.25) is 0 Å². The van der Waals surface area contributed by atoms with Crippen LogP contribution in [0.5, 0.6) is 11.5 Å². The monoisotopic (exact) mass is 494 g/mol. The molecule has 1 fully saturated rings. The summed E-state index contributed by atoms with van der Waals surface area (Å²) in [4.78, 5) is 32.2. The number of hydrogen-bond donors (Lipinski definition) is 2. The lowest BCUT2D eigenvalue weighted by Gasteiger charge is -2.26. The first kappa shape index (κ1) is 23.3. The normalized spacial score (nSPS) is 15.7. The van der Waals surface area contributed by atoms with E-state index in [9.17, 15) is 9.59 Å². The Balaban J connectivity index is 1.19. The van der Waals surface area contributed by atoms with Crippen LogP contribution in [0, 0.1) is 0 Å². The number of amides is 2. The molecular formula is C25H26N4O5S. The van der Waals surface area contributed by atoms with Gasteiger partial charge in [0.25, 0.3) is 5.91 Å². The molecule has 1 aromatic carbocycles. The number of carbonyl (C=O) groups excluding carboxylic acids is 2. The zero-order valence-electron chi connectivity index (χ0n) is 19.1. The number of fused-ring (bicyclic) bond motifs is 1. The summed E-state index contributed by atoms with van der Waals surface area (Å²) in [5.41, 5.74) is 1.05. The highest BCUT2D eigenvalue weighted by Gasteiger charge is 2.26. The molecule has 2 aliphatic heterocycles. The van der Waals surface area contributed by atoms with Gasteiger partial charge in [-0.25, -0.2) is 4.98 Å². The first-order valence-electron chi connectivity index (χ1n) is 11.5. The number of likely N-dealkylation sites (tertiary alicyclic amines) is 1. The van der Waals surface area contributed by atoms with Gasteiger partial charge >= 0.3 is 0 Å². The highest BCUT2D eigenvalue weighted by Crippen LogP contribution is 2.34. The second-order valence-electron chi connectivity index (χ2n) is 8.25. The van der Waals surface area contributed by atoms with E-state index in [4.69, 9.17) is 13.9 Å². The van der Waals surface area contributed by atoms with E-state index in [0.717, 1.165) is 31.7 Å². The summed E-state index contributed by atoms with van der Waals surface area (Å²) in [5, 5.41) is 6.38. The molecule has 182 valence electrons. The fourth-order valence-electron chi connectivity index (χ4n) is 4.21. The van der Waals surface area contributed by atoms with Crippen LogP contribution in [0.4, 0.5) is 5.69 Å². The summed E-state index contributed by atoms with van der Waals surface area (Å²) in [7, 11) is 0. The Hall–Kier alpha value is -3.50. The number of furan rings is 1. The maximum absolute atomic E-state index is 13.1. The van der Waals surface area contributed by atoms with Crippen molar-refractivity contribution in [1.82, 2.24) is 15.2 Å². The lowest BCUT2D eigenvalue weighted by Crippen LogP contribution is -2.36. The number of aromatic nitrogens is 1. The van der Waals surface area contributed by atoms with Crippen molar-refractivity contribution in [2.45, 2.75) is 23.9 Å². The highest BCUT2D eigenvalue weighted by atomic mass is 32.2. The molecule has 0 saturated carbocycles. The number of benzene rings is 1. The Labute approximate surface area is 207 Å². The Morgan fingerprint density at radius 2 is 1.94 bits per heavy atom. The minimum Gasteiger partial charge on any atom is -0.468 e. The summed E-state index contributed by atoms with van der Waals surface area (Å²) in [6.07, 6.45) is 5.56. The van der Waals surface area contributed by atoms with E-state index in [2.05, 4.69) is 20.5 Å². The SMILES string of the molecule is O=C(CSc1ncccc1C(=O)NC[C@@H](c1ccco1)N1CCCC1)Nc1ccc2c(c1)OCO2. The van der Waals surface area contributed by atoms with Gasteiger partial charge in [0.2, 0.25) is 12.7 Å². The number of rotatable bonds is 9. The van der Waals surface area contributed by atoms with Crippen LogP contribution in [0.3, 0.4) is 0 Å². The van der Waals surface area contributed by atoms with Crippen LogP contribution in [0.1, 0.15) is 35.0 Å². The summed E-state index contributed by atoms with van der Waals surface area (Å²) in [6, 6.07) is 12.5. The van der Waals surface area contributed by atoms with E-state index < -0.39 is 0 Å². The second-order valence-corrected chi connectivity index (χ2v) is 9.21. The van der Waals surface area contributed by atoms with Crippen LogP contribution in [-0.2, 0) is 4.79 Å². The molecule has 0 bridgehead atoms. The summed E-state index contributed by atoms with van der Waals surface area (Å²) >= 11 is 1.22. The Morgan fingerprint density at radius 1 is 1.09 bits per heavy atom. The smallest absolute Gasteiger partial charge is 0.254 e. The molecular weight excluding hydrogens is 468 g/mol. The van der Waals surface area contributed by atoms with Gasteiger partial charge < -0.3 is 24.5 Å². The van der Waals surface area contributed by atoms with E-state index >= 15 is 0 Å². The van der Waals surface area contributed by atoms with Crippen molar-refractivity contribution in [3.05, 3.63) is 66.2 Å². The van der Waals surface area contributed by atoms with Crippen molar-refractivity contribution in [2.24, 2.45) is 0 Å². The molecule has 0 spiro atoms. The predicted molar refractivity (Wildman–Crippen MR) is 131 cm³/mol. The average Bonchev–Trinajstić information content (AvgIpc) is 3.66. The third kappa shape index (κ3) is 5.60. The fraction of sp³-hybridized carbons (Fsp3) is 0.320. The molecule has 2 aliphatic rings. The maximum Gasteiger partial charge on any atom is 0.254 e. The van der Waals surface area contributed by atoms with Crippen LogP contribution in [0.15, 0.2) is 64.4 Å². The highest BCUT2D eigenvalue weighted by molar-refractivity contribution is 8.00. The van der Waals surface area contributed by atoms with Gasteiger partial charge in [-0.3, -0.25) is 14.5 Å². The summed E-state index contributed by atoms with van der Waals surface area (Å²) in [5.74, 6) is 1.76. The van der Waals surface area contributed by atoms with Gasteiger partial charge in [-0.15, -0.1) is 0 Å². The molecule has 4 heterocycles. The minimum atomic E-state index is -0.229. The molecule has 0 aliphatic carbocycles. The molecule has 1 atom stereocenters. The van der Waals surface area contributed by atoms with Crippen molar-refractivity contribution in [3.8, 4) is 11.5 Å². The van der Waals surface area contributed by atoms with E-state index in [1.165, 1.54) is 11.8 Å². The van der Waals surface area contributed by atoms with E-state index in [-0.39, 0.29) is 30.4 Å². The van der Waals surface area contributed by atoms with Gasteiger partial charge in [-0.05, 0) is 62.3 Å². The molecule has 2 N–H and O–H groups in total. The number of ether oxygens (including phenoxy) is 2. The van der Waals surface area contributed by atoms with Crippen molar-refractivity contribution in [3.63, 3.8) is 0 Å². The Kier molecular flexibility index (Phi) is 7.20. The second kappa shape index (κ2) is 10.8. The van der Waals surface area contributed by atoms with Crippen LogP contribution in [-0.4, -0.2) is 53.9 Å². The quantitative estimate of drug-likeness (QED) is 0.434. The van der Waals surface area contributed by atoms with Crippen LogP contribution >= 0.6 is 11.8 Å². The third-order valence-corrected chi connectivity index (χ3v) is 6.93. The van der Waals surface area contributed by atoms with Crippen LogP contribution in [0.25, 0.3) is 0 Å². The van der Waals surface area contributed by atoms with Gasteiger partial charge in [0.1, 0.15) is 10.8 Å². The van der Waals surface area contributed by atoms with Crippen molar-refractivity contribution in [2.75, 3.05) is 37.5 Å². The predicted octanol–water partition coefficient (Wildman–Crippen LogP) is 3.70. The minimum absolute atomic E-state index is 0.0169.